The summed E-state index contributed by atoms with van der Waals surface area (Å²) in [4.78, 5) is 16.3. The van der Waals surface area contributed by atoms with Gasteiger partial charge in [0.1, 0.15) is 0 Å². The fourth-order valence-electron chi connectivity index (χ4n) is 2.08. The van der Waals surface area contributed by atoms with Crippen molar-refractivity contribution in [2.75, 3.05) is 26.7 Å². The first-order valence-corrected chi connectivity index (χ1v) is 5.65. The molecule has 4 nitrogen and oxygen atoms in total. The zero-order chi connectivity index (χ0) is 11.3. The molecule has 86 valence electrons. The first-order chi connectivity index (χ1) is 6.85. The molecular weight excluding hydrogens is 190 g/mol. The first-order valence-electron chi connectivity index (χ1n) is 5.65. The van der Waals surface area contributed by atoms with Gasteiger partial charge in [0.25, 0.3) is 0 Å². The van der Waals surface area contributed by atoms with Crippen molar-refractivity contribution in [3.05, 3.63) is 0 Å². The molecule has 0 aromatic rings. The molecule has 15 heavy (non-hydrogen) atoms. The van der Waals surface area contributed by atoms with E-state index in [0.717, 1.165) is 32.5 Å². The lowest BCUT2D eigenvalue weighted by Crippen LogP contribution is -2.61. The van der Waals surface area contributed by atoms with E-state index in [-0.39, 0.29) is 11.4 Å². The van der Waals surface area contributed by atoms with Crippen LogP contribution in [-0.4, -0.2) is 53.5 Å². The van der Waals surface area contributed by atoms with E-state index >= 15 is 0 Å². The predicted molar refractivity (Wildman–Crippen MR) is 59.4 cm³/mol. The van der Waals surface area contributed by atoms with E-state index in [9.17, 15) is 4.79 Å². The minimum absolute atomic E-state index is 0.0686. The van der Waals surface area contributed by atoms with E-state index < -0.39 is 5.54 Å². The van der Waals surface area contributed by atoms with Gasteiger partial charge in [-0.1, -0.05) is 0 Å². The third kappa shape index (κ3) is 1.88. The molecular formula is C11H21N3O. The maximum absolute atomic E-state index is 12.1. The number of nitrogens with two attached hydrogens (primary N) is 1. The quantitative estimate of drug-likeness (QED) is 0.666. The van der Waals surface area contributed by atoms with E-state index in [1.807, 2.05) is 4.90 Å². The second kappa shape index (κ2) is 3.19. The number of carbonyl (C=O) groups excluding carboxylic acids is 1. The lowest BCUT2D eigenvalue weighted by Gasteiger charge is -2.45. The number of likely N-dealkylation sites (N-methyl/N-ethyl adjacent to an activating group) is 1. The van der Waals surface area contributed by atoms with Gasteiger partial charge in [-0.25, -0.2) is 0 Å². The molecule has 1 saturated heterocycles. The summed E-state index contributed by atoms with van der Waals surface area (Å²) in [7, 11) is 2.11. The molecule has 0 atom stereocenters. The number of piperazine rings is 1. The van der Waals surface area contributed by atoms with Crippen LogP contribution in [0.1, 0.15) is 26.7 Å². The van der Waals surface area contributed by atoms with Crippen LogP contribution in [0, 0.1) is 0 Å². The van der Waals surface area contributed by atoms with Gasteiger partial charge in [-0.3, -0.25) is 9.69 Å². The molecule has 4 heteroatoms. The Hall–Kier alpha value is -0.610. The fraction of sp³-hybridized carbons (Fsp3) is 0.909. The van der Waals surface area contributed by atoms with Crippen molar-refractivity contribution in [2.45, 2.75) is 37.8 Å². The maximum Gasteiger partial charge on any atom is 0.242 e. The standard InChI is InChI=1S/C11H21N3O/c1-10(2)8-14(7-6-13(10)3)9(15)11(12)4-5-11/h4-8,12H2,1-3H3. The molecule has 1 aliphatic heterocycles. The van der Waals surface area contributed by atoms with Gasteiger partial charge in [0.15, 0.2) is 0 Å². The second-order valence-corrected chi connectivity index (χ2v) is 5.62. The fourth-order valence-corrected chi connectivity index (χ4v) is 2.08. The smallest absolute Gasteiger partial charge is 0.242 e. The van der Waals surface area contributed by atoms with Crippen LogP contribution in [0.15, 0.2) is 0 Å². The molecule has 1 heterocycles. The molecule has 1 amide bonds. The van der Waals surface area contributed by atoms with Crippen LogP contribution in [0.5, 0.6) is 0 Å². The number of hydrogen-bond acceptors (Lipinski definition) is 3. The van der Waals surface area contributed by atoms with Crippen molar-refractivity contribution in [1.29, 1.82) is 0 Å². The second-order valence-electron chi connectivity index (χ2n) is 5.62. The van der Waals surface area contributed by atoms with E-state index in [1.54, 1.807) is 0 Å². The topological polar surface area (TPSA) is 49.6 Å². The highest BCUT2D eigenvalue weighted by Crippen LogP contribution is 2.35. The molecule has 0 unspecified atom stereocenters. The van der Waals surface area contributed by atoms with Crippen LogP contribution >= 0.6 is 0 Å². The van der Waals surface area contributed by atoms with Gasteiger partial charge >= 0.3 is 0 Å². The van der Waals surface area contributed by atoms with Crippen molar-refractivity contribution in [3.63, 3.8) is 0 Å². The number of carbonyl (C=O) groups is 1. The number of amides is 1. The SMILES string of the molecule is CN1CCN(C(=O)C2(N)CC2)CC1(C)C. The minimum atomic E-state index is -0.508. The summed E-state index contributed by atoms with van der Waals surface area (Å²) >= 11 is 0. The molecule has 2 rings (SSSR count). The van der Waals surface area contributed by atoms with E-state index in [4.69, 9.17) is 5.73 Å². The lowest BCUT2D eigenvalue weighted by atomic mass is 9.99. The molecule has 0 spiro atoms. The highest BCUT2D eigenvalue weighted by molar-refractivity contribution is 5.89. The van der Waals surface area contributed by atoms with Gasteiger partial charge in [0.2, 0.25) is 5.91 Å². The van der Waals surface area contributed by atoms with Crippen molar-refractivity contribution in [1.82, 2.24) is 9.80 Å². The van der Waals surface area contributed by atoms with Crippen LogP contribution in [0.2, 0.25) is 0 Å². The van der Waals surface area contributed by atoms with Gasteiger partial charge in [0, 0.05) is 25.2 Å². The zero-order valence-corrected chi connectivity index (χ0v) is 9.92. The summed E-state index contributed by atoms with van der Waals surface area (Å²) in [5.41, 5.74) is 5.50. The normalized spacial score (nSPS) is 28.9. The highest BCUT2D eigenvalue weighted by atomic mass is 16.2. The zero-order valence-electron chi connectivity index (χ0n) is 9.92. The minimum Gasteiger partial charge on any atom is -0.338 e. The van der Waals surface area contributed by atoms with Gasteiger partial charge in [-0.15, -0.1) is 0 Å². The average molecular weight is 211 g/mol. The van der Waals surface area contributed by atoms with Crippen LogP contribution in [0.25, 0.3) is 0 Å². The summed E-state index contributed by atoms with van der Waals surface area (Å²) in [6, 6.07) is 0. The molecule has 0 bridgehead atoms. The molecule has 0 aromatic carbocycles. The Balaban J connectivity index is 2.03. The van der Waals surface area contributed by atoms with Gasteiger partial charge in [0.05, 0.1) is 5.54 Å². The first kappa shape index (κ1) is 10.9. The molecule has 1 saturated carbocycles. The molecule has 2 aliphatic rings. The number of hydrogen-bond donors (Lipinski definition) is 1. The average Bonchev–Trinajstić information content (AvgIpc) is 2.89. The van der Waals surface area contributed by atoms with Gasteiger partial charge in [-0.2, -0.15) is 0 Å². The Morgan fingerprint density at radius 1 is 1.27 bits per heavy atom. The lowest BCUT2D eigenvalue weighted by molar-refractivity contribution is -0.138. The van der Waals surface area contributed by atoms with Crippen molar-refractivity contribution < 1.29 is 4.79 Å². The van der Waals surface area contributed by atoms with E-state index in [1.165, 1.54) is 0 Å². The van der Waals surface area contributed by atoms with Crippen LogP contribution in [0.3, 0.4) is 0 Å². The largest absolute Gasteiger partial charge is 0.338 e. The Kier molecular flexibility index (Phi) is 2.32. The monoisotopic (exact) mass is 211 g/mol. The number of nitrogens with zero attached hydrogens (tertiary/aromatic N) is 2. The molecule has 0 aromatic heterocycles. The van der Waals surface area contributed by atoms with E-state index in [2.05, 4.69) is 25.8 Å². The van der Waals surface area contributed by atoms with Gasteiger partial charge < -0.3 is 10.6 Å². The third-order valence-corrected chi connectivity index (χ3v) is 3.82. The summed E-state index contributed by atoms with van der Waals surface area (Å²) in [5.74, 6) is 0.156. The summed E-state index contributed by atoms with van der Waals surface area (Å²) in [6.45, 7) is 6.89. The van der Waals surface area contributed by atoms with Crippen LogP contribution in [0.4, 0.5) is 0 Å². The van der Waals surface area contributed by atoms with Crippen molar-refractivity contribution in [3.8, 4) is 0 Å². The molecule has 2 fully saturated rings. The van der Waals surface area contributed by atoms with Crippen LogP contribution in [-0.2, 0) is 4.79 Å². The highest BCUT2D eigenvalue weighted by Gasteiger charge is 2.49. The molecule has 0 radical (unpaired) electrons. The predicted octanol–water partition coefficient (Wildman–Crippen LogP) is 0.0303. The Bertz CT molecular complexity index is 284. The summed E-state index contributed by atoms with van der Waals surface area (Å²) in [6.07, 6.45) is 1.72. The summed E-state index contributed by atoms with van der Waals surface area (Å²) < 4.78 is 0. The Morgan fingerprint density at radius 2 is 1.87 bits per heavy atom. The third-order valence-electron chi connectivity index (χ3n) is 3.82. The molecule has 2 N–H and O–H groups in total. The number of rotatable bonds is 1. The Labute approximate surface area is 91.4 Å². The van der Waals surface area contributed by atoms with Crippen LogP contribution < -0.4 is 5.73 Å². The van der Waals surface area contributed by atoms with E-state index in [0.29, 0.717) is 0 Å². The van der Waals surface area contributed by atoms with Crippen molar-refractivity contribution in [2.24, 2.45) is 5.73 Å². The summed E-state index contributed by atoms with van der Waals surface area (Å²) in [5, 5.41) is 0. The van der Waals surface area contributed by atoms with Gasteiger partial charge in [-0.05, 0) is 33.7 Å². The van der Waals surface area contributed by atoms with Crippen molar-refractivity contribution >= 4 is 5.91 Å². The maximum atomic E-state index is 12.1. The Morgan fingerprint density at radius 3 is 2.33 bits per heavy atom. The molecule has 1 aliphatic carbocycles.